The third-order valence-electron chi connectivity index (χ3n) is 7.78. The number of hydrogen-bond donors (Lipinski definition) is 3. The zero-order valence-electron chi connectivity index (χ0n) is 30.7. The van der Waals surface area contributed by atoms with Crippen LogP contribution in [0.15, 0.2) is 34.9 Å². The number of hydrogen-bond acceptors (Lipinski definition) is 8. The number of thioether (sulfide) groups is 1. The summed E-state index contributed by atoms with van der Waals surface area (Å²) in [5, 5.41) is 8.22. The fourth-order valence-electron chi connectivity index (χ4n) is 4.61. The molecule has 0 saturated carbocycles. The summed E-state index contributed by atoms with van der Waals surface area (Å²) in [4.78, 5) is 51.7. The maximum absolute atomic E-state index is 13.4. The summed E-state index contributed by atoms with van der Waals surface area (Å²) < 4.78 is 23.6. The van der Waals surface area contributed by atoms with E-state index in [0.29, 0.717) is 12.2 Å². The van der Waals surface area contributed by atoms with Gasteiger partial charge in [0.25, 0.3) is 0 Å². The minimum Gasteiger partial charge on any atom is -0.467 e. The SMILES string of the molecule is COC(=O)[C@H](CCSC)NC(=O)[C@@H](NC(=O)[C@@H](NC(=O)CCP(=O)(C/C=C(\C)CC/C=C(\C)CCC=C(C)C)OC)C(C)C)C(C)C. The van der Waals surface area contributed by atoms with E-state index in [1.807, 2.05) is 19.3 Å². The number of carbonyl (C=O) groups excluding carboxylic acids is 4. The molecule has 0 aromatic heterocycles. The number of amides is 3. The van der Waals surface area contributed by atoms with Crippen LogP contribution in [0.25, 0.3) is 0 Å². The van der Waals surface area contributed by atoms with E-state index < -0.39 is 49.2 Å². The van der Waals surface area contributed by atoms with Gasteiger partial charge < -0.3 is 25.2 Å². The Morgan fingerprint density at radius 3 is 1.81 bits per heavy atom. The minimum absolute atomic E-state index is 0.0386. The van der Waals surface area contributed by atoms with Gasteiger partial charge in [-0.25, -0.2) is 4.79 Å². The second-order valence-electron chi connectivity index (χ2n) is 13.0. The molecule has 47 heavy (non-hydrogen) atoms. The fourth-order valence-corrected chi connectivity index (χ4v) is 6.73. The molecule has 0 radical (unpaired) electrons. The largest absolute Gasteiger partial charge is 0.467 e. The molecule has 0 rings (SSSR count). The van der Waals surface area contributed by atoms with Crippen molar-refractivity contribution in [3.8, 4) is 0 Å². The Kier molecular flexibility index (Phi) is 22.7. The van der Waals surface area contributed by atoms with Gasteiger partial charge in [0.15, 0.2) is 0 Å². The summed E-state index contributed by atoms with van der Waals surface area (Å²) in [7, 11) is -0.450. The van der Waals surface area contributed by atoms with Crippen LogP contribution in [0.3, 0.4) is 0 Å². The van der Waals surface area contributed by atoms with Gasteiger partial charge >= 0.3 is 5.97 Å². The molecule has 4 atom stereocenters. The van der Waals surface area contributed by atoms with Crippen LogP contribution in [0.1, 0.15) is 93.9 Å². The molecule has 0 aromatic carbocycles. The summed E-state index contributed by atoms with van der Waals surface area (Å²) >= 11 is 1.54. The Morgan fingerprint density at radius 2 is 1.30 bits per heavy atom. The van der Waals surface area contributed by atoms with Crippen molar-refractivity contribution < 1.29 is 33.0 Å². The maximum Gasteiger partial charge on any atom is 0.328 e. The molecule has 1 unspecified atom stereocenters. The van der Waals surface area contributed by atoms with Crippen molar-refractivity contribution in [1.82, 2.24) is 16.0 Å². The second kappa shape index (κ2) is 23.9. The molecular formula is C35H62N3O7PS. The first-order valence-corrected chi connectivity index (χ1v) is 19.9. The first-order valence-electron chi connectivity index (χ1n) is 16.5. The third-order valence-corrected chi connectivity index (χ3v) is 10.7. The molecule has 0 aromatic rings. The van der Waals surface area contributed by atoms with E-state index in [4.69, 9.17) is 9.26 Å². The molecule has 3 amide bonds. The molecule has 0 heterocycles. The Labute approximate surface area is 288 Å². The van der Waals surface area contributed by atoms with Crippen LogP contribution < -0.4 is 16.0 Å². The summed E-state index contributed by atoms with van der Waals surface area (Å²) in [6.45, 7) is 15.5. The highest BCUT2D eigenvalue weighted by molar-refractivity contribution is 7.98. The van der Waals surface area contributed by atoms with E-state index in [-0.39, 0.29) is 30.6 Å². The van der Waals surface area contributed by atoms with Crippen molar-refractivity contribution in [3.05, 3.63) is 34.9 Å². The smallest absolute Gasteiger partial charge is 0.328 e. The molecule has 0 saturated heterocycles. The van der Waals surface area contributed by atoms with Gasteiger partial charge in [0.1, 0.15) is 18.1 Å². The minimum atomic E-state index is -3.11. The van der Waals surface area contributed by atoms with Crippen molar-refractivity contribution in [3.63, 3.8) is 0 Å². The first-order chi connectivity index (χ1) is 22.0. The highest BCUT2D eigenvalue weighted by Gasteiger charge is 2.33. The number of carbonyl (C=O) groups is 4. The molecule has 12 heteroatoms. The Balaban J connectivity index is 5.26. The molecule has 0 aliphatic carbocycles. The van der Waals surface area contributed by atoms with E-state index in [0.717, 1.165) is 31.3 Å². The van der Waals surface area contributed by atoms with Gasteiger partial charge in [-0.1, -0.05) is 62.6 Å². The Morgan fingerprint density at radius 1 is 0.766 bits per heavy atom. The maximum atomic E-state index is 13.4. The summed E-state index contributed by atoms with van der Waals surface area (Å²) in [5.74, 6) is -1.95. The predicted molar refractivity (Wildman–Crippen MR) is 195 cm³/mol. The molecule has 0 aliphatic rings. The monoisotopic (exact) mass is 699 g/mol. The van der Waals surface area contributed by atoms with E-state index >= 15 is 0 Å². The average Bonchev–Trinajstić information content (AvgIpc) is 3.01. The van der Waals surface area contributed by atoms with Crippen molar-refractivity contribution in [2.45, 2.75) is 112 Å². The van der Waals surface area contributed by atoms with Gasteiger partial charge in [-0.05, 0) is 83.6 Å². The lowest BCUT2D eigenvalue weighted by atomic mass is 9.99. The van der Waals surface area contributed by atoms with E-state index in [9.17, 15) is 23.7 Å². The van der Waals surface area contributed by atoms with Crippen molar-refractivity contribution in [2.75, 3.05) is 38.6 Å². The van der Waals surface area contributed by atoms with Gasteiger partial charge in [-0.3, -0.25) is 18.9 Å². The molecule has 3 N–H and O–H groups in total. The molecular weight excluding hydrogens is 637 g/mol. The quantitative estimate of drug-likeness (QED) is 0.0632. The van der Waals surface area contributed by atoms with Crippen molar-refractivity contribution >= 4 is 42.8 Å². The zero-order valence-corrected chi connectivity index (χ0v) is 32.4. The van der Waals surface area contributed by atoms with Crippen LogP contribution >= 0.6 is 19.1 Å². The Bertz CT molecular complexity index is 1150. The number of ether oxygens (including phenoxy) is 1. The van der Waals surface area contributed by atoms with Gasteiger partial charge in [0, 0.05) is 25.9 Å². The molecule has 270 valence electrons. The molecule has 0 fully saturated rings. The summed E-state index contributed by atoms with van der Waals surface area (Å²) in [5.41, 5.74) is 3.80. The van der Waals surface area contributed by atoms with E-state index in [1.165, 1.54) is 37.1 Å². The number of allylic oxidation sites excluding steroid dienone is 6. The van der Waals surface area contributed by atoms with Crippen LogP contribution in [0, 0.1) is 11.8 Å². The van der Waals surface area contributed by atoms with Crippen LogP contribution in [0.5, 0.6) is 0 Å². The second-order valence-corrected chi connectivity index (χ2v) is 16.8. The highest BCUT2D eigenvalue weighted by atomic mass is 32.2. The molecule has 0 bridgehead atoms. The number of methoxy groups -OCH3 is 1. The lowest BCUT2D eigenvalue weighted by Gasteiger charge is -2.28. The fraction of sp³-hybridized carbons (Fsp3) is 0.714. The van der Waals surface area contributed by atoms with E-state index in [1.54, 1.807) is 27.7 Å². The highest BCUT2D eigenvalue weighted by Crippen LogP contribution is 2.46. The molecule has 0 spiro atoms. The van der Waals surface area contributed by atoms with Crippen LogP contribution in [0.2, 0.25) is 0 Å². The van der Waals surface area contributed by atoms with Gasteiger partial charge in [0.2, 0.25) is 25.1 Å². The molecule has 10 nitrogen and oxygen atoms in total. The van der Waals surface area contributed by atoms with Crippen LogP contribution in [-0.4, -0.2) is 80.4 Å². The standard InChI is InChI=1S/C35H62N3O7PS/c1-24(2)14-12-15-27(7)16-13-17-28(8)18-21-46(43,45-10)22-19-30(39)37-31(25(3)4)34(41)38-32(26(5)6)33(40)36-29(20-23-47-11)35(42)44-9/h14,16,18,25-26,29,31-32H,12-13,15,17,19-23H2,1-11H3,(H,36,40)(H,37,39)(H,38,41)/b27-16+,28-18+/t29-,31-,32-,46?/m0/s1. The lowest BCUT2D eigenvalue weighted by Crippen LogP contribution is -2.58. The number of nitrogens with one attached hydrogen (secondary N) is 3. The number of rotatable bonds is 23. The van der Waals surface area contributed by atoms with Crippen molar-refractivity contribution in [2.24, 2.45) is 11.8 Å². The normalized spacial score (nSPS) is 15.3. The third kappa shape index (κ3) is 19.3. The number of esters is 1. The zero-order chi connectivity index (χ0) is 36.2. The summed E-state index contributed by atoms with van der Waals surface area (Å²) in [6, 6.07) is -2.70. The van der Waals surface area contributed by atoms with Crippen molar-refractivity contribution in [1.29, 1.82) is 0 Å². The van der Waals surface area contributed by atoms with Crippen LogP contribution in [0.4, 0.5) is 0 Å². The lowest BCUT2D eigenvalue weighted by molar-refractivity contribution is -0.145. The van der Waals surface area contributed by atoms with Crippen LogP contribution in [-0.2, 0) is 33.0 Å². The Hall–Kier alpha value is -2.36. The topological polar surface area (TPSA) is 140 Å². The van der Waals surface area contributed by atoms with Gasteiger partial charge in [0.05, 0.1) is 7.11 Å². The van der Waals surface area contributed by atoms with E-state index in [2.05, 4.69) is 48.9 Å². The van der Waals surface area contributed by atoms with Gasteiger partial charge in [-0.2, -0.15) is 11.8 Å². The molecule has 0 aliphatic heterocycles. The predicted octanol–water partition coefficient (Wildman–Crippen LogP) is 6.41. The van der Waals surface area contributed by atoms with Gasteiger partial charge in [-0.15, -0.1) is 0 Å². The average molecular weight is 700 g/mol. The first kappa shape index (κ1) is 44.6. The summed E-state index contributed by atoms with van der Waals surface area (Å²) in [6.07, 6.45) is 12.7.